The Morgan fingerprint density at radius 1 is 1.00 bits per heavy atom. The smallest absolute Gasteiger partial charge is 0.252 e. The van der Waals surface area contributed by atoms with Gasteiger partial charge in [-0.2, -0.15) is 0 Å². The fourth-order valence-corrected chi connectivity index (χ4v) is 2.50. The number of anilines is 1. The van der Waals surface area contributed by atoms with Crippen LogP contribution in [0.4, 0.5) is 5.69 Å². The summed E-state index contributed by atoms with van der Waals surface area (Å²) in [7, 11) is 0. The van der Waals surface area contributed by atoms with E-state index in [0.717, 1.165) is 0 Å². The second-order valence-electron chi connectivity index (χ2n) is 5.51. The van der Waals surface area contributed by atoms with Crippen LogP contribution in [0.3, 0.4) is 0 Å². The summed E-state index contributed by atoms with van der Waals surface area (Å²) in [5, 5.41) is 0. The molecule has 0 fully saturated rings. The Kier molecular flexibility index (Phi) is 4.95. The lowest BCUT2D eigenvalue weighted by molar-refractivity contribution is -0.116. The number of aromatic nitrogens is 1. The minimum atomic E-state index is -0.213. The highest BCUT2D eigenvalue weighted by molar-refractivity contribution is 5.93. The third kappa shape index (κ3) is 3.95. The van der Waals surface area contributed by atoms with Crippen molar-refractivity contribution in [3.05, 3.63) is 88.8 Å². The standard InChI is InChI=1S/C20H18N2O3/c1-15(23)22(14-16-8-7-13-21-20(16)24)18-11-5-6-12-19(18)25-17-9-3-2-4-10-17/h2-13H,14H2,1H3,(H,21,24). The molecule has 0 saturated carbocycles. The van der Waals surface area contributed by atoms with Crippen molar-refractivity contribution in [2.75, 3.05) is 4.90 Å². The van der Waals surface area contributed by atoms with Gasteiger partial charge in [0, 0.05) is 18.7 Å². The number of para-hydroxylation sites is 3. The summed E-state index contributed by atoms with van der Waals surface area (Å²) in [6.07, 6.45) is 1.57. The van der Waals surface area contributed by atoms with Crippen molar-refractivity contribution in [3.8, 4) is 11.5 Å². The van der Waals surface area contributed by atoms with Crippen LogP contribution in [0.2, 0.25) is 0 Å². The molecular formula is C20H18N2O3. The van der Waals surface area contributed by atoms with E-state index in [1.54, 1.807) is 30.5 Å². The Bertz CT molecular complexity index is 919. The number of amides is 1. The van der Waals surface area contributed by atoms with Crippen molar-refractivity contribution in [1.29, 1.82) is 0 Å². The van der Waals surface area contributed by atoms with Crippen LogP contribution in [0.15, 0.2) is 77.7 Å². The van der Waals surface area contributed by atoms with Crippen molar-refractivity contribution in [1.82, 2.24) is 4.98 Å². The van der Waals surface area contributed by atoms with Gasteiger partial charge >= 0.3 is 0 Å². The summed E-state index contributed by atoms with van der Waals surface area (Å²) >= 11 is 0. The number of nitrogens with one attached hydrogen (secondary N) is 1. The average Bonchev–Trinajstić information content (AvgIpc) is 2.62. The van der Waals surface area contributed by atoms with Gasteiger partial charge in [0.15, 0.2) is 5.75 Å². The minimum Gasteiger partial charge on any atom is -0.455 e. The SMILES string of the molecule is CC(=O)N(Cc1ccc[nH]c1=O)c1ccccc1Oc1ccccc1. The predicted molar refractivity (Wildman–Crippen MR) is 96.9 cm³/mol. The van der Waals surface area contributed by atoms with Crippen molar-refractivity contribution < 1.29 is 9.53 Å². The van der Waals surface area contributed by atoms with Crippen molar-refractivity contribution in [3.63, 3.8) is 0 Å². The van der Waals surface area contributed by atoms with Crippen molar-refractivity contribution in [2.24, 2.45) is 0 Å². The highest BCUT2D eigenvalue weighted by atomic mass is 16.5. The number of hydrogen-bond acceptors (Lipinski definition) is 3. The zero-order valence-corrected chi connectivity index (χ0v) is 13.8. The number of carbonyl (C=O) groups is 1. The second-order valence-corrected chi connectivity index (χ2v) is 5.51. The lowest BCUT2D eigenvalue weighted by Gasteiger charge is -2.23. The third-order valence-corrected chi connectivity index (χ3v) is 3.74. The van der Waals surface area contributed by atoms with E-state index in [-0.39, 0.29) is 18.0 Å². The lowest BCUT2D eigenvalue weighted by atomic mass is 10.2. The van der Waals surface area contributed by atoms with Gasteiger partial charge < -0.3 is 14.6 Å². The molecule has 3 rings (SSSR count). The van der Waals surface area contributed by atoms with Crippen LogP contribution in [0.25, 0.3) is 0 Å². The summed E-state index contributed by atoms with van der Waals surface area (Å²) in [5.41, 5.74) is 0.907. The summed E-state index contributed by atoms with van der Waals surface area (Å²) in [6.45, 7) is 1.64. The van der Waals surface area contributed by atoms with Crippen LogP contribution in [0.1, 0.15) is 12.5 Å². The van der Waals surface area contributed by atoms with E-state index in [1.807, 2.05) is 42.5 Å². The van der Waals surface area contributed by atoms with E-state index in [1.165, 1.54) is 11.8 Å². The van der Waals surface area contributed by atoms with Gasteiger partial charge in [-0.15, -0.1) is 0 Å². The summed E-state index contributed by atoms with van der Waals surface area (Å²) in [5.74, 6) is 1.06. The topological polar surface area (TPSA) is 62.4 Å². The van der Waals surface area contributed by atoms with Crippen LogP contribution in [-0.4, -0.2) is 10.9 Å². The molecule has 1 aromatic heterocycles. The molecule has 5 heteroatoms. The monoisotopic (exact) mass is 334 g/mol. The van der Waals surface area contributed by atoms with E-state index < -0.39 is 0 Å². The van der Waals surface area contributed by atoms with Gasteiger partial charge in [-0.25, -0.2) is 0 Å². The molecule has 0 aliphatic heterocycles. The molecule has 0 atom stereocenters. The molecule has 25 heavy (non-hydrogen) atoms. The first kappa shape index (κ1) is 16.5. The largest absolute Gasteiger partial charge is 0.455 e. The molecule has 1 N–H and O–H groups in total. The number of H-pyrrole nitrogens is 1. The highest BCUT2D eigenvalue weighted by Crippen LogP contribution is 2.32. The predicted octanol–water partition coefficient (Wildman–Crippen LogP) is 3.72. The first-order chi connectivity index (χ1) is 12.1. The molecule has 2 aromatic carbocycles. The van der Waals surface area contributed by atoms with E-state index in [9.17, 15) is 9.59 Å². The maximum absolute atomic E-state index is 12.2. The van der Waals surface area contributed by atoms with Gasteiger partial charge in [0.25, 0.3) is 5.56 Å². The van der Waals surface area contributed by atoms with Crippen LogP contribution < -0.4 is 15.2 Å². The van der Waals surface area contributed by atoms with Crippen molar-refractivity contribution >= 4 is 11.6 Å². The van der Waals surface area contributed by atoms with Gasteiger partial charge in [0.2, 0.25) is 5.91 Å². The number of rotatable bonds is 5. The third-order valence-electron chi connectivity index (χ3n) is 3.74. The van der Waals surface area contributed by atoms with Crippen LogP contribution in [0, 0.1) is 0 Å². The Morgan fingerprint density at radius 2 is 1.72 bits per heavy atom. The molecule has 0 aliphatic rings. The first-order valence-corrected chi connectivity index (χ1v) is 7.92. The summed E-state index contributed by atoms with van der Waals surface area (Å²) in [4.78, 5) is 28.3. The molecule has 1 heterocycles. The van der Waals surface area contributed by atoms with Gasteiger partial charge in [0.1, 0.15) is 5.75 Å². The fraction of sp³-hybridized carbons (Fsp3) is 0.100. The molecule has 0 aliphatic carbocycles. The number of carbonyl (C=O) groups excluding carboxylic acids is 1. The van der Waals surface area contributed by atoms with Gasteiger partial charge in [-0.1, -0.05) is 36.4 Å². The van der Waals surface area contributed by atoms with E-state index in [0.29, 0.717) is 22.7 Å². The van der Waals surface area contributed by atoms with Crippen LogP contribution in [0.5, 0.6) is 11.5 Å². The maximum atomic E-state index is 12.2. The number of hydrogen-bond donors (Lipinski definition) is 1. The number of nitrogens with zero attached hydrogens (tertiary/aromatic N) is 1. The zero-order chi connectivity index (χ0) is 17.6. The quantitative estimate of drug-likeness (QED) is 0.773. The molecule has 0 radical (unpaired) electrons. The maximum Gasteiger partial charge on any atom is 0.252 e. The molecular weight excluding hydrogens is 316 g/mol. The molecule has 1 amide bonds. The Labute approximate surface area is 145 Å². The van der Waals surface area contributed by atoms with Crippen LogP contribution >= 0.6 is 0 Å². The summed E-state index contributed by atoms with van der Waals surface area (Å²) < 4.78 is 5.93. The minimum absolute atomic E-state index is 0.167. The van der Waals surface area contributed by atoms with E-state index >= 15 is 0 Å². The van der Waals surface area contributed by atoms with Crippen LogP contribution in [-0.2, 0) is 11.3 Å². The van der Waals surface area contributed by atoms with E-state index in [2.05, 4.69) is 4.98 Å². The Balaban J connectivity index is 1.96. The molecule has 0 spiro atoms. The normalized spacial score (nSPS) is 10.3. The van der Waals surface area contributed by atoms with Gasteiger partial charge in [0.05, 0.1) is 12.2 Å². The highest BCUT2D eigenvalue weighted by Gasteiger charge is 2.18. The Hall–Kier alpha value is -3.34. The lowest BCUT2D eigenvalue weighted by Crippen LogP contribution is -2.31. The number of benzene rings is 2. The number of aromatic amines is 1. The zero-order valence-electron chi connectivity index (χ0n) is 13.8. The second kappa shape index (κ2) is 7.49. The molecule has 0 unspecified atom stereocenters. The molecule has 126 valence electrons. The summed E-state index contributed by atoms with van der Waals surface area (Å²) in [6, 6.07) is 20.1. The molecule has 5 nitrogen and oxygen atoms in total. The number of pyridine rings is 1. The number of ether oxygens (including phenoxy) is 1. The average molecular weight is 334 g/mol. The fourth-order valence-electron chi connectivity index (χ4n) is 2.50. The Morgan fingerprint density at radius 3 is 2.44 bits per heavy atom. The van der Waals surface area contributed by atoms with Gasteiger partial charge in [-0.3, -0.25) is 9.59 Å². The molecule has 0 saturated heterocycles. The molecule has 3 aromatic rings. The van der Waals surface area contributed by atoms with E-state index in [4.69, 9.17) is 4.74 Å². The van der Waals surface area contributed by atoms with Crippen molar-refractivity contribution in [2.45, 2.75) is 13.5 Å². The molecule has 0 bridgehead atoms. The first-order valence-electron chi connectivity index (χ1n) is 7.92. The van der Waals surface area contributed by atoms with Gasteiger partial charge in [-0.05, 0) is 30.3 Å².